The standard InChI is InChI=1S/C50H28N6/c51-28-32-12-16-35(17-13-32)37-20-22-47-43(25-37)40-8-1-3-10-45(40)55(47)49-31-54-50(27-42(49)39-7-5-6-34(24-39)30-53)56-46-11-4-2-9-41(46)44-26-38(21-23-48(44)56)36-18-14-33(29-52)15-19-36/h1-27,31H. The molecule has 0 aliphatic heterocycles. The van der Waals surface area contributed by atoms with Gasteiger partial charge in [-0.05, 0) is 107 Å². The Morgan fingerprint density at radius 2 is 0.875 bits per heavy atom. The first kappa shape index (κ1) is 32.4. The number of benzene rings is 7. The van der Waals surface area contributed by atoms with Gasteiger partial charge >= 0.3 is 0 Å². The topological polar surface area (TPSA) is 94.1 Å². The fourth-order valence-electron chi connectivity index (χ4n) is 8.01. The van der Waals surface area contributed by atoms with Crippen LogP contribution in [0.2, 0.25) is 0 Å². The van der Waals surface area contributed by atoms with Gasteiger partial charge in [-0.15, -0.1) is 0 Å². The molecule has 6 nitrogen and oxygen atoms in total. The number of fused-ring (bicyclic) bond motifs is 6. The molecule has 3 heterocycles. The molecule has 0 amide bonds. The van der Waals surface area contributed by atoms with Crippen molar-refractivity contribution in [3.63, 3.8) is 0 Å². The van der Waals surface area contributed by atoms with Gasteiger partial charge < -0.3 is 4.57 Å². The lowest BCUT2D eigenvalue weighted by Gasteiger charge is -2.17. The van der Waals surface area contributed by atoms with Gasteiger partial charge in [0.2, 0.25) is 0 Å². The Morgan fingerprint density at radius 3 is 1.45 bits per heavy atom. The molecule has 0 saturated carbocycles. The lowest BCUT2D eigenvalue weighted by molar-refractivity contribution is 1.06. The Labute approximate surface area is 322 Å². The molecular weight excluding hydrogens is 685 g/mol. The van der Waals surface area contributed by atoms with E-state index in [1.807, 2.05) is 72.9 Å². The number of para-hydroxylation sites is 2. The van der Waals surface area contributed by atoms with Crippen molar-refractivity contribution in [3.05, 3.63) is 187 Å². The molecule has 0 N–H and O–H groups in total. The van der Waals surface area contributed by atoms with Gasteiger partial charge in [0.25, 0.3) is 0 Å². The molecule has 0 bridgehead atoms. The molecule has 258 valence electrons. The molecule has 0 spiro atoms. The maximum atomic E-state index is 9.96. The zero-order valence-corrected chi connectivity index (χ0v) is 29.8. The predicted molar refractivity (Wildman–Crippen MR) is 223 cm³/mol. The van der Waals surface area contributed by atoms with Gasteiger partial charge in [0, 0.05) is 27.1 Å². The highest BCUT2D eigenvalue weighted by atomic mass is 15.1. The summed E-state index contributed by atoms with van der Waals surface area (Å²) in [5, 5.41) is 33.1. The molecule has 3 aromatic heterocycles. The lowest BCUT2D eigenvalue weighted by atomic mass is 10.0. The average molecular weight is 713 g/mol. The zero-order chi connectivity index (χ0) is 37.8. The van der Waals surface area contributed by atoms with Crippen LogP contribution in [0.5, 0.6) is 0 Å². The van der Waals surface area contributed by atoms with Crippen LogP contribution >= 0.6 is 0 Å². The van der Waals surface area contributed by atoms with Crippen LogP contribution in [0, 0.1) is 34.0 Å². The van der Waals surface area contributed by atoms with Crippen LogP contribution in [0.3, 0.4) is 0 Å². The predicted octanol–water partition coefficient (Wildman–Crippen LogP) is 11.9. The van der Waals surface area contributed by atoms with E-state index in [0.717, 1.165) is 88.5 Å². The van der Waals surface area contributed by atoms with Crippen molar-refractivity contribution in [2.24, 2.45) is 0 Å². The minimum absolute atomic E-state index is 0.577. The SMILES string of the molecule is N#Cc1ccc(-c2ccc3c(c2)c2ccccc2n3-c2cc(-c3cccc(C#N)c3)c(-n3c4ccccc4c4cc(-c5ccc(C#N)cc5)ccc43)cn2)cc1. The third kappa shape index (κ3) is 5.20. The Hall–Kier alpha value is -8.24. The monoisotopic (exact) mass is 712 g/mol. The quantitative estimate of drug-likeness (QED) is 0.177. The second-order valence-corrected chi connectivity index (χ2v) is 13.8. The number of pyridine rings is 1. The summed E-state index contributed by atoms with van der Waals surface area (Å²) in [6.45, 7) is 0. The Balaban J connectivity index is 1.20. The average Bonchev–Trinajstić information content (AvgIpc) is 3.78. The van der Waals surface area contributed by atoms with E-state index in [9.17, 15) is 15.8 Å². The van der Waals surface area contributed by atoms with Crippen molar-refractivity contribution in [1.29, 1.82) is 15.8 Å². The van der Waals surface area contributed by atoms with Crippen molar-refractivity contribution in [2.75, 3.05) is 0 Å². The first-order chi connectivity index (χ1) is 27.6. The normalized spacial score (nSPS) is 11.2. The van der Waals surface area contributed by atoms with Crippen molar-refractivity contribution >= 4 is 43.6 Å². The third-order valence-corrected chi connectivity index (χ3v) is 10.7. The Bertz CT molecular complexity index is 3330. The molecule has 0 aliphatic rings. The second kappa shape index (κ2) is 13.0. The van der Waals surface area contributed by atoms with Crippen molar-refractivity contribution in [3.8, 4) is 63.1 Å². The number of nitrogens with zero attached hydrogens (tertiary/aromatic N) is 6. The summed E-state index contributed by atoms with van der Waals surface area (Å²) in [4.78, 5) is 5.22. The minimum Gasteiger partial charge on any atom is -0.307 e. The first-order valence-corrected chi connectivity index (χ1v) is 18.2. The molecule has 10 aromatic rings. The number of rotatable bonds is 5. The second-order valence-electron chi connectivity index (χ2n) is 13.8. The van der Waals surface area contributed by atoms with Crippen LogP contribution in [0.25, 0.3) is 88.5 Å². The molecule has 10 rings (SSSR count). The van der Waals surface area contributed by atoms with Gasteiger partial charge in [-0.1, -0.05) is 84.9 Å². The first-order valence-electron chi connectivity index (χ1n) is 18.2. The largest absolute Gasteiger partial charge is 0.307 e. The Morgan fingerprint density at radius 1 is 0.375 bits per heavy atom. The molecule has 6 heteroatoms. The van der Waals surface area contributed by atoms with E-state index < -0.39 is 0 Å². The maximum Gasteiger partial charge on any atom is 0.138 e. The van der Waals surface area contributed by atoms with E-state index in [1.165, 1.54) is 0 Å². The molecule has 56 heavy (non-hydrogen) atoms. The molecule has 0 atom stereocenters. The lowest BCUT2D eigenvalue weighted by Crippen LogP contribution is -2.03. The number of nitriles is 3. The van der Waals surface area contributed by atoms with Crippen molar-refractivity contribution < 1.29 is 0 Å². The van der Waals surface area contributed by atoms with Crippen LogP contribution in [-0.2, 0) is 0 Å². The summed E-state index contributed by atoms with van der Waals surface area (Å²) in [5.41, 5.74) is 12.9. The summed E-state index contributed by atoms with van der Waals surface area (Å²) in [7, 11) is 0. The summed E-state index contributed by atoms with van der Waals surface area (Å²) in [6, 6.07) is 61.8. The van der Waals surface area contributed by atoms with E-state index in [1.54, 1.807) is 0 Å². The number of hydrogen-bond donors (Lipinski definition) is 0. The van der Waals surface area contributed by atoms with E-state index in [4.69, 9.17) is 4.98 Å². The molecule has 0 radical (unpaired) electrons. The van der Waals surface area contributed by atoms with Gasteiger partial charge in [-0.2, -0.15) is 15.8 Å². The van der Waals surface area contributed by atoms with Crippen molar-refractivity contribution in [2.45, 2.75) is 0 Å². The van der Waals surface area contributed by atoms with E-state index in [0.29, 0.717) is 16.7 Å². The van der Waals surface area contributed by atoms with Gasteiger partial charge in [0.05, 0.1) is 68.8 Å². The van der Waals surface area contributed by atoms with Crippen LogP contribution in [0.15, 0.2) is 170 Å². The van der Waals surface area contributed by atoms with Gasteiger partial charge in [0.15, 0.2) is 0 Å². The van der Waals surface area contributed by atoms with Crippen LogP contribution in [0.4, 0.5) is 0 Å². The highest BCUT2D eigenvalue weighted by Crippen LogP contribution is 2.40. The van der Waals surface area contributed by atoms with Gasteiger partial charge in [0.1, 0.15) is 5.82 Å². The highest BCUT2D eigenvalue weighted by molar-refractivity contribution is 6.12. The van der Waals surface area contributed by atoms with Crippen LogP contribution in [0.1, 0.15) is 16.7 Å². The fourth-order valence-corrected chi connectivity index (χ4v) is 8.01. The summed E-state index contributed by atoms with van der Waals surface area (Å²) in [6.07, 6.45) is 1.95. The molecule has 0 fully saturated rings. The summed E-state index contributed by atoms with van der Waals surface area (Å²) in [5.74, 6) is 0.757. The number of hydrogen-bond acceptors (Lipinski definition) is 4. The van der Waals surface area contributed by atoms with Gasteiger partial charge in [-0.3, -0.25) is 4.57 Å². The van der Waals surface area contributed by atoms with Crippen LogP contribution in [-0.4, -0.2) is 14.1 Å². The molecule has 0 unspecified atom stereocenters. The van der Waals surface area contributed by atoms with Crippen LogP contribution < -0.4 is 0 Å². The summed E-state index contributed by atoms with van der Waals surface area (Å²) < 4.78 is 4.48. The molecule has 0 saturated heterocycles. The number of aromatic nitrogens is 3. The van der Waals surface area contributed by atoms with E-state index in [2.05, 4.69) is 124 Å². The van der Waals surface area contributed by atoms with E-state index in [-0.39, 0.29) is 0 Å². The highest BCUT2D eigenvalue weighted by Gasteiger charge is 2.20. The maximum absolute atomic E-state index is 9.96. The zero-order valence-electron chi connectivity index (χ0n) is 29.8. The van der Waals surface area contributed by atoms with Gasteiger partial charge in [-0.25, -0.2) is 4.98 Å². The molecule has 0 aliphatic carbocycles. The fraction of sp³-hybridized carbons (Fsp3) is 0. The third-order valence-electron chi connectivity index (χ3n) is 10.7. The Kier molecular flexibility index (Phi) is 7.53. The summed E-state index contributed by atoms with van der Waals surface area (Å²) >= 11 is 0. The molecular formula is C50H28N6. The minimum atomic E-state index is 0.577. The van der Waals surface area contributed by atoms with Crippen molar-refractivity contribution in [1.82, 2.24) is 14.1 Å². The van der Waals surface area contributed by atoms with E-state index >= 15 is 0 Å². The molecule has 7 aromatic carbocycles. The smallest absolute Gasteiger partial charge is 0.138 e.